The van der Waals surface area contributed by atoms with E-state index in [9.17, 15) is 0 Å². The average molecular weight is 269 g/mol. The van der Waals surface area contributed by atoms with Gasteiger partial charge in [0.1, 0.15) is 17.3 Å². The van der Waals surface area contributed by atoms with Crippen molar-refractivity contribution in [2.45, 2.75) is 39.2 Å². The number of likely N-dealkylation sites (tertiary alicyclic amines) is 1. The van der Waals surface area contributed by atoms with E-state index in [4.69, 9.17) is 11.6 Å². The second-order valence-corrected chi connectivity index (χ2v) is 5.06. The van der Waals surface area contributed by atoms with Crippen LogP contribution in [0.4, 0.5) is 5.82 Å². The van der Waals surface area contributed by atoms with E-state index in [2.05, 4.69) is 34.0 Å². The van der Waals surface area contributed by atoms with Gasteiger partial charge in [-0.25, -0.2) is 9.97 Å². The zero-order valence-electron chi connectivity index (χ0n) is 11.1. The van der Waals surface area contributed by atoms with Crippen LogP contribution in [0, 0.1) is 0 Å². The summed E-state index contributed by atoms with van der Waals surface area (Å²) >= 11 is 6.09. The molecule has 2 rings (SSSR count). The molecule has 0 unspecified atom stereocenters. The van der Waals surface area contributed by atoms with Gasteiger partial charge in [-0.15, -0.1) is 0 Å². The number of anilines is 1. The molecule has 0 atom stereocenters. The zero-order valence-corrected chi connectivity index (χ0v) is 11.9. The third-order valence-electron chi connectivity index (χ3n) is 3.62. The van der Waals surface area contributed by atoms with Crippen LogP contribution in [-0.4, -0.2) is 40.5 Å². The van der Waals surface area contributed by atoms with Crippen molar-refractivity contribution in [1.82, 2.24) is 14.9 Å². The summed E-state index contributed by atoms with van der Waals surface area (Å²) in [6, 6.07) is 0.504. The van der Waals surface area contributed by atoms with E-state index in [1.165, 1.54) is 19.2 Å². The fourth-order valence-electron chi connectivity index (χ4n) is 2.42. The van der Waals surface area contributed by atoms with E-state index >= 15 is 0 Å². The van der Waals surface area contributed by atoms with Gasteiger partial charge in [-0.1, -0.05) is 25.4 Å². The number of hydrogen-bond donors (Lipinski definition) is 1. The van der Waals surface area contributed by atoms with E-state index < -0.39 is 0 Å². The van der Waals surface area contributed by atoms with Gasteiger partial charge in [0.05, 0.1) is 0 Å². The van der Waals surface area contributed by atoms with Crippen LogP contribution in [0.2, 0.25) is 5.15 Å². The number of piperidine rings is 1. The highest BCUT2D eigenvalue weighted by Gasteiger charge is 2.19. The van der Waals surface area contributed by atoms with Gasteiger partial charge in [-0.2, -0.15) is 0 Å². The molecule has 1 N–H and O–H groups in total. The summed E-state index contributed by atoms with van der Waals surface area (Å²) in [6.07, 6.45) is 4.72. The Hall–Kier alpha value is -0.870. The van der Waals surface area contributed by atoms with Gasteiger partial charge in [-0.3, -0.25) is 0 Å². The first-order valence-electron chi connectivity index (χ1n) is 6.72. The highest BCUT2D eigenvalue weighted by Crippen LogP contribution is 2.23. The lowest BCUT2D eigenvalue weighted by Gasteiger charge is -2.32. The molecule has 1 aromatic heterocycles. The quantitative estimate of drug-likeness (QED) is 0.853. The van der Waals surface area contributed by atoms with Crippen LogP contribution in [0.15, 0.2) is 6.33 Å². The van der Waals surface area contributed by atoms with E-state index in [0.29, 0.717) is 11.2 Å². The van der Waals surface area contributed by atoms with Crippen LogP contribution < -0.4 is 5.32 Å². The Labute approximate surface area is 114 Å². The van der Waals surface area contributed by atoms with Crippen molar-refractivity contribution < 1.29 is 0 Å². The van der Waals surface area contributed by atoms with Gasteiger partial charge >= 0.3 is 0 Å². The topological polar surface area (TPSA) is 41.1 Å². The molecule has 1 fully saturated rings. The number of nitrogens with one attached hydrogen (secondary N) is 1. The molecule has 1 aliphatic heterocycles. The summed E-state index contributed by atoms with van der Waals surface area (Å²) < 4.78 is 0. The van der Waals surface area contributed by atoms with Crippen LogP contribution in [0.3, 0.4) is 0 Å². The molecule has 4 nitrogen and oxygen atoms in total. The molecule has 0 aliphatic carbocycles. The second-order valence-electron chi connectivity index (χ2n) is 4.70. The molecule has 0 spiro atoms. The van der Waals surface area contributed by atoms with Gasteiger partial charge in [0.25, 0.3) is 0 Å². The van der Waals surface area contributed by atoms with Gasteiger partial charge in [0.2, 0.25) is 0 Å². The molecule has 5 heteroatoms. The molecule has 0 bridgehead atoms. The zero-order chi connectivity index (χ0) is 13.0. The van der Waals surface area contributed by atoms with Crippen molar-refractivity contribution >= 4 is 17.4 Å². The van der Waals surface area contributed by atoms with Crippen molar-refractivity contribution in [3.05, 3.63) is 17.0 Å². The first-order valence-corrected chi connectivity index (χ1v) is 7.10. The Morgan fingerprint density at radius 3 is 2.67 bits per heavy atom. The highest BCUT2D eigenvalue weighted by atomic mass is 35.5. The Morgan fingerprint density at radius 2 is 2.06 bits per heavy atom. The predicted octanol–water partition coefficient (Wildman–Crippen LogP) is 2.59. The molecule has 0 amide bonds. The van der Waals surface area contributed by atoms with Crippen molar-refractivity contribution in [2.24, 2.45) is 0 Å². The van der Waals surface area contributed by atoms with Gasteiger partial charge in [0, 0.05) is 24.7 Å². The first-order chi connectivity index (χ1) is 8.74. The summed E-state index contributed by atoms with van der Waals surface area (Å²) in [5, 5.41) is 4.09. The lowest BCUT2D eigenvalue weighted by molar-refractivity contribution is 0.229. The molecule has 100 valence electrons. The highest BCUT2D eigenvalue weighted by molar-refractivity contribution is 6.30. The smallest absolute Gasteiger partial charge is 0.137 e. The Balaban J connectivity index is 2.00. The summed E-state index contributed by atoms with van der Waals surface area (Å²) in [6.45, 7) is 7.76. The maximum atomic E-state index is 6.09. The van der Waals surface area contributed by atoms with E-state index in [0.717, 1.165) is 37.4 Å². The maximum Gasteiger partial charge on any atom is 0.137 e. The minimum absolute atomic E-state index is 0.504. The summed E-state index contributed by atoms with van der Waals surface area (Å²) in [5.41, 5.74) is 1.03. The van der Waals surface area contributed by atoms with Gasteiger partial charge in [0.15, 0.2) is 0 Å². The summed E-state index contributed by atoms with van der Waals surface area (Å²) in [4.78, 5) is 10.8. The fourth-order valence-corrected chi connectivity index (χ4v) is 2.68. The third-order valence-corrected chi connectivity index (χ3v) is 3.95. The fraction of sp³-hybridized carbons (Fsp3) is 0.692. The normalized spacial score (nSPS) is 17.9. The largest absolute Gasteiger partial charge is 0.367 e. The SMILES string of the molecule is CCc1c(Cl)ncnc1NC1CCN(CC)CC1. The minimum Gasteiger partial charge on any atom is -0.367 e. The maximum absolute atomic E-state index is 6.09. The molecule has 0 radical (unpaired) electrons. The molecular weight excluding hydrogens is 248 g/mol. The van der Waals surface area contributed by atoms with Crippen molar-refractivity contribution in [3.63, 3.8) is 0 Å². The van der Waals surface area contributed by atoms with E-state index in [-0.39, 0.29) is 0 Å². The number of rotatable bonds is 4. The molecule has 1 aliphatic rings. The Morgan fingerprint density at radius 1 is 1.33 bits per heavy atom. The Bertz CT molecular complexity index is 389. The molecule has 1 saturated heterocycles. The molecule has 18 heavy (non-hydrogen) atoms. The lowest BCUT2D eigenvalue weighted by atomic mass is 10.0. The minimum atomic E-state index is 0.504. The van der Waals surface area contributed by atoms with Crippen LogP contribution >= 0.6 is 11.6 Å². The summed E-state index contributed by atoms with van der Waals surface area (Å²) in [5.74, 6) is 0.910. The van der Waals surface area contributed by atoms with E-state index in [1.54, 1.807) is 0 Å². The number of aromatic nitrogens is 2. The lowest BCUT2D eigenvalue weighted by Crippen LogP contribution is -2.39. The van der Waals surface area contributed by atoms with Crippen molar-refractivity contribution in [3.8, 4) is 0 Å². The number of hydrogen-bond acceptors (Lipinski definition) is 4. The van der Waals surface area contributed by atoms with Crippen molar-refractivity contribution in [2.75, 3.05) is 25.0 Å². The molecule has 1 aromatic rings. The third kappa shape index (κ3) is 3.12. The van der Waals surface area contributed by atoms with E-state index in [1.807, 2.05) is 0 Å². The van der Waals surface area contributed by atoms with Gasteiger partial charge in [-0.05, 0) is 25.8 Å². The molecule has 0 aromatic carbocycles. The summed E-state index contributed by atoms with van der Waals surface area (Å²) in [7, 11) is 0. The Kier molecular flexibility index (Phi) is 4.78. The number of nitrogens with zero attached hydrogens (tertiary/aromatic N) is 3. The first kappa shape index (κ1) is 13.6. The average Bonchev–Trinajstić information content (AvgIpc) is 2.40. The van der Waals surface area contributed by atoms with Crippen molar-refractivity contribution in [1.29, 1.82) is 0 Å². The number of halogens is 1. The van der Waals surface area contributed by atoms with Crippen LogP contribution in [0.1, 0.15) is 32.3 Å². The standard InChI is InChI=1S/C13H21ClN4/c1-3-11-12(14)15-9-16-13(11)17-10-5-7-18(4-2)8-6-10/h9-10H,3-8H2,1-2H3,(H,15,16,17). The van der Waals surface area contributed by atoms with Crippen LogP contribution in [0.5, 0.6) is 0 Å². The van der Waals surface area contributed by atoms with Crippen LogP contribution in [-0.2, 0) is 6.42 Å². The molecule has 2 heterocycles. The monoisotopic (exact) mass is 268 g/mol. The van der Waals surface area contributed by atoms with Gasteiger partial charge < -0.3 is 10.2 Å². The van der Waals surface area contributed by atoms with Crippen LogP contribution in [0.25, 0.3) is 0 Å². The molecular formula is C13H21ClN4. The molecule has 0 saturated carbocycles. The second kappa shape index (κ2) is 6.34. The predicted molar refractivity (Wildman–Crippen MR) is 75.2 cm³/mol.